The van der Waals surface area contributed by atoms with E-state index in [-0.39, 0.29) is 16.9 Å². The van der Waals surface area contributed by atoms with Gasteiger partial charge in [0.2, 0.25) is 11.2 Å². The van der Waals surface area contributed by atoms with E-state index in [4.69, 9.17) is 13.9 Å². The van der Waals surface area contributed by atoms with E-state index in [9.17, 15) is 14.7 Å². The number of carbonyl (C=O) groups excluding carboxylic acids is 1. The Morgan fingerprint density at radius 3 is 2.37 bits per heavy atom. The summed E-state index contributed by atoms with van der Waals surface area (Å²) in [5.74, 6) is 0.503. The van der Waals surface area contributed by atoms with E-state index in [2.05, 4.69) is 16.7 Å². The van der Waals surface area contributed by atoms with Crippen LogP contribution in [-0.2, 0) is 11.3 Å². The summed E-state index contributed by atoms with van der Waals surface area (Å²) in [5, 5.41) is 10.9. The second kappa shape index (κ2) is 10.9. The van der Waals surface area contributed by atoms with Crippen LogP contribution in [0.5, 0.6) is 17.2 Å². The van der Waals surface area contributed by atoms with Crippen LogP contribution in [0.1, 0.15) is 41.9 Å². The van der Waals surface area contributed by atoms with Crippen molar-refractivity contribution in [2.75, 3.05) is 39.3 Å². The molecule has 1 aliphatic rings. The van der Waals surface area contributed by atoms with Crippen molar-refractivity contribution < 1.29 is 23.8 Å². The number of esters is 1. The molecule has 35 heavy (non-hydrogen) atoms. The Bertz CT molecular complexity index is 1240. The minimum atomic E-state index is -0.400. The molecule has 2 heterocycles. The Morgan fingerprint density at radius 1 is 1.03 bits per heavy atom. The number of phenolic OH excluding ortho intramolecular Hbond substituents is 1. The second-order valence-corrected chi connectivity index (χ2v) is 8.73. The molecule has 0 spiro atoms. The van der Waals surface area contributed by atoms with Gasteiger partial charge in [-0.05, 0) is 56.3 Å². The Balaban J connectivity index is 1.59. The number of carbonyl (C=O) groups is 1. The number of phenols is 1. The average Bonchev–Trinajstić information content (AvgIpc) is 2.87. The molecule has 0 amide bonds. The number of aromatic hydroxyl groups is 1. The number of hydrogen-bond acceptors (Lipinski definition) is 8. The summed E-state index contributed by atoms with van der Waals surface area (Å²) in [6.45, 7) is 11.3. The van der Waals surface area contributed by atoms with Crippen LogP contribution in [0, 0.1) is 6.92 Å². The van der Waals surface area contributed by atoms with Crippen LogP contribution in [-0.4, -0.2) is 60.2 Å². The van der Waals surface area contributed by atoms with E-state index >= 15 is 0 Å². The van der Waals surface area contributed by atoms with Gasteiger partial charge in [-0.15, -0.1) is 0 Å². The van der Waals surface area contributed by atoms with E-state index < -0.39 is 5.97 Å². The Kier molecular flexibility index (Phi) is 7.73. The molecule has 4 rings (SSSR count). The monoisotopic (exact) mass is 480 g/mol. The first kappa shape index (κ1) is 24.8. The molecule has 2 aromatic carbocycles. The number of benzene rings is 2. The molecule has 1 fully saturated rings. The quantitative estimate of drug-likeness (QED) is 0.477. The first-order chi connectivity index (χ1) is 16.9. The van der Waals surface area contributed by atoms with Crippen LogP contribution in [0.25, 0.3) is 11.0 Å². The van der Waals surface area contributed by atoms with Gasteiger partial charge in [-0.3, -0.25) is 9.69 Å². The molecule has 1 saturated heterocycles. The average molecular weight is 481 g/mol. The van der Waals surface area contributed by atoms with Gasteiger partial charge < -0.3 is 23.9 Å². The predicted octanol–water partition coefficient (Wildman–Crippen LogP) is 4.30. The van der Waals surface area contributed by atoms with Gasteiger partial charge in [-0.25, -0.2) is 4.79 Å². The van der Waals surface area contributed by atoms with Crippen molar-refractivity contribution in [2.24, 2.45) is 0 Å². The van der Waals surface area contributed by atoms with E-state index in [1.165, 1.54) is 6.07 Å². The highest BCUT2D eigenvalue weighted by Crippen LogP contribution is 2.32. The maximum absolute atomic E-state index is 13.3. The zero-order chi connectivity index (χ0) is 24.9. The zero-order valence-corrected chi connectivity index (χ0v) is 20.5. The maximum Gasteiger partial charge on any atom is 0.338 e. The van der Waals surface area contributed by atoms with Gasteiger partial charge in [-0.1, -0.05) is 13.8 Å². The molecule has 0 atom stereocenters. The standard InChI is InChI=1S/C27H32N2O6/c1-4-16-33-27(32)19-6-8-20(9-7-19)35-25-18(3)34-26-21(24(25)31)10-11-23(30)22(26)17-29-14-12-28(5-2)13-15-29/h6-11,30H,4-5,12-17H2,1-3H3. The van der Waals surface area contributed by atoms with E-state index in [1.54, 1.807) is 37.3 Å². The summed E-state index contributed by atoms with van der Waals surface area (Å²) in [4.78, 5) is 30.0. The summed E-state index contributed by atoms with van der Waals surface area (Å²) in [6.07, 6.45) is 0.749. The maximum atomic E-state index is 13.3. The molecule has 0 saturated carbocycles. The fraction of sp³-hybridized carbons (Fsp3) is 0.407. The molecule has 0 aliphatic carbocycles. The van der Waals surface area contributed by atoms with Crippen molar-refractivity contribution in [3.8, 4) is 17.2 Å². The van der Waals surface area contributed by atoms with Gasteiger partial charge in [0, 0.05) is 32.7 Å². The molecule has 8 heteroatoms. The van der Waals surface area contributed by atoms with Gasteiger partial charge >= 0.3 is 5.97 Å². The van der Waals surface area contributed by atoms with E-state index in [0.717, 1.165) is 39.1 Å². The van der Waals surface area contributed by atoms with Crippen molar-refractivity contribution in [3.63, 3.8) is 0 Å². The third kappa shape index (κ3) is 5.49. The Labute approximate surface area is 204 Å². The normalized spacial score (nSPS) is 14.8. The lowest BCUT2D eigenvalue weighted by Crippen LogP contribution is -2.45. The molecule has 1 aliphatic heterocycles. The molecule has 1 N–H and O–H groups in total. The van der Waals surface area contributed by atoms with Crippen LogP contribution in [0.15, 0.2) is 45.6 Å². The molecule has 1 aromatic heterocycles. The fourth-order valence-electron chi connectivity index (χ4n) is 4.21. The summed E-state index contributed by atoms with van der Waals surface area (Å²) < 4.78 is 17.1. The molecular formula is C27H32N2O6. The van der Waals surface area contributed by atoms with Crippen molar-refractivity contribution in [1.82, 2.24) is 9.80 Å². The number of fused-ring (bicyclic) bond motifs is 1. The number of likely N-dealkylation sites (N-methyl/N-ethyl adjacent to an activating group) is 1. The molecule has 0 unspecified atom stereocenters. The topological polar surface area (TPSA) is 92.5 Å². The number of rotatable bonds is 8. The lowest BCUT2D eigenvalue weighted by Gasteiger charge is -2.34. The Morgan fingerprint density at radius 2 is 1.71 bits per heavy atom. The summed E-state index contributed by atoms with van der Waals surface area (Å²) >= 11 is 0. The summed E-state index contributed by atoms with van der Waals surface area (Å²) in [6, 6.07) is 9.52. The van der Waals surface area contributed by atoms with Gasteiger partial charge in [0.15, 0.2) is 0 Å². The first-order valence-corrected chi connectivity index (χ1v) is 12.1. The minimum absolute atomic E-state index is 0.0759. The van der Waals surface area contributed by atoms with Gasteiger partial charge in [-0.2, -0.15) is 0 Å². The van der Waals surface area contributed by atoms with Crippen LogP contribution in [0.3, 0.4) is 0 Å². The first-order valence-electron chi connectivity index (χ1n) is 12.1. The number of aryl methyl sites for hydroxylation is 1. The van der Waals surface area contributed by atoms with E-state index in [1.807, 2.05) is 6.92 Å². The van der Waals surface area contributed by atoms with Gasteiger partial charge in [0.1, 0.15) is 22.8 Å². The van der Waals surface area contributed by atoms with Crippen LogP contribution >= 0.6 is 0 Å². The summed E-state index contributed by atoms with van der Waals surface area (Å²) in [5.41, 5.74) is 1.08. The predicted molar refractivity (Wildman–Crippen MR) is 133 cm³/mol. The van der Waals surface area contributed by atoms with Gasteiger partial charge in [0.05, 0.1) is 23.1 Å². The zero-order valence-electron chi connectivity index (χ0n) is 20.5. The lowest BCUT2D eigenvalue weighted by molar-refractivity contribution is 0.0505. The van der Waals surface area contributed by atoms with Crippen LogP contribution < -0.4 is 10.2 Å². The molecule has 8 nitrogen and oxygen atoms in total. The summed E-state index contributed by atoms with van der Waals surface area (Å²) in [7, 11) is 0. The Hall–Kier alpha value is -3.36. The van der Waals surface area contributed by atoms with Crippen molar-refractivity contribution >= 4 is 16.9 Å². The van der Waals surface area contributed by atoms with E-state index in [0.29, 0.717) is 46.8 Å². The molecular weight excluding hydrogens is 448 g/mol. The van der Waals surface area contributed by atoms with Crippen LogP contribution in [0.2, 0.25) is 0 Å². The number of ether oxygens (including phenoxy) is 2. The van der Waals surface area contributed by atoms with Crippen LogP contribution in [0.4, 0.5) is 0 Å². The largest absolute Gasteiger partial charge is 0.507 e. The molecule has 186 valence electrons. The smallest absolute Gasteiger partial charge is 0.338 e. The van der Waals surface area contributed by atoms with Crippen molar-refractivity contribution in [2.45, 2.75) is 33.7 Å². The second-order valence-electron chi connectivity index (χ2n) is 8.73. The highest BCUT2D eigenvalue weighted by Gasteiger charge is 2.22. The highest BCUT2D eigenvalue weighted by molar-refractivity contribution is 5.89. The minimum Gasteiger partial charge on any atom is -0.507 e. The molecule has 0 bridgehead atoms. The van der Waals surface area contributed by atoms with Gasteiger partial charge in [0.25, 0.3) is 0 Å². The van der Waals surface area contributed by atoms with Crippen molar-refractivity contribution in [1.29, 1.82) is 0 Å². The number of nitrogens with zero attached hydrogens (tertiary/aromatic N) is 2. The molecule has 0 radical (unpaired) electrons. The lowest BCUT2D eigenvalue weighted by atomic mass is 10.1. The fourth-order valence-corrected chi connectivity index (χ4v) is 4.21. The third-order valence-electron chi connectivity index (χ3n) is 6.30. The highest BCUT2D eigenvalue weighted by atomic mass is 16.5. The number of piperazine rings is 1. The van der Waals surface area contributed by atoms with Crippen molar-refractivity contribution in [3.05, 3.63) is 63.5 Å². The number of hydrogen-bond donors (Lipinski definition) is 1. The molecule has 3 aromatic rings. The third-order valence-corrected chi connectivity index (χ3v) is 6.30. The SMILES string of the molecule is CCCOC(=O)c1ccc(Oc2c(C)oc3c(CN4CCN(CC)CC4)c(O)ccc3c2=O)cc1.